The fourth-order valence-electron chi connectivity index (χ4n) is 11.2. The quantitative estimate of drug-likeness (QED) is 0.177. The highest BCUT2D eigenvalue weighted by atomic mass is 15.0. The van der Waals surface area contributed by atoms with Crippen LogP contribution in [0.25, 0.3) is 137 Å². The van der Waals surface area contributed by atoms with E-state index in [0.717, 1.165) is 50.4 Å². The largest absolute Gasteiger partial charge is 0.309 e. The SMILES string of the molecule is c1ccc(-n2c3ccccc3c3ccc(-c4nc5ccccc5nc4-c4ccc(-n5c6ccccc6c6c7c8c9ccccc9ccc8n8c9ccccc9c(cc65)c78)cc4)cc32)cc1. The molecular weight excluding hydrogens is 791 g/mol. The van der Waals surface area contributed by atoms with Crippen LogP contribution in [-0.4, -0.2) is 23.5 Å². The first-order chi connectivity index (χ1) is 32.3. The Labute approximate surface area is 371 Å². The molecule has 0 atom stereocenters. The summed E-state index contributed by atoms with van der Waals surface area (Å²) in [4.78, 5) is 10.7. The molecule has 65 heavy (non-hydrogen) atoms. The summed E-state index contributed by atoms with van der Waals surface area (Å²) in [6.45, 7) is 0. The molecule has 0 radical (unpaired) electrons. The predicted molar refractivity (Wildman–Crippen MR) is 271 cm³/mol. The van der Waals surface area contributed by atoms with Crippen LogP contribution in [0, 0.1) is 0 Å². The van der Waals surface area contributed by atoms with E-state index >= 15 is 0 Å². The Morgan fingerprint density at radius 2 is 0.831 bits per heavy atom. The second-order valence-electron chi connectivity index (χ2n) is 17.3. The van der Waals surface area contributed by atoms with Gasteiger partial charge in [0.2, 0.25) is 0 Å². The van der Waals surface area contributed by atoms with E-state index in [0.29, 0.717) is 0 Å². The molecule has 15 rings (SSSR count). The van der Waals surface area contributed by atoms with E-state index < -0.39 is 0 Å². The van der Waals surface area contributed by atoms with Crippen LogP contribution in [0.15, 0.2) is 212 Å². The molecule has 300 valence electrons. The first kappa shape index (κ1) is 34.7. The number of aromatic nitrogens is 5. The van der Waals surface area contributed by atoms with Crippen molar-refractivity contribution in [2.45, 2.75) is 0 Å². The first-order valence-corrected chi connectivity index (χ1v) is 22.3. The van der Waals surface area contributed by atoms with Gasteiger partial charge in [0.25, 0.3) is 0 Å². The zero-order valence-corrected chi connectivity index (χ0v) is 34.9. The molecule has 0 bridgehead atoms. The third kappa shape index (κ3) is 4.71. The molecule has 5 nitrogen and oxygen atoms in total. The Balaban J connectivity index is 0.968. The van der Waals surface area contributed by atoms with Crippen LogP contribution in [0.5, 0.6) is 0 Å². The van der Waals surface area contributed by atoms with Gasteiger partial charge < -0.3 is 13.5 Å². The van der Waals surface area contributed by atoms with Crippen molar-refractivity contribution in [2.75, 3.05) is 0 Å². The van der Waals surface area contributed by atoms with Crippen molar-refractivity contribution in [1.82, 2.24) is 23.5 Å². The third-order valence-electron chi connectivity index (χ3n) is 13.9. The zero-order chi connectivity index (χ0) is 42.3. The number of nitrogens with zero attached hydrogens (tertiary/aromatic N) is 5. The molecule has 0 N–H and O–H groups in total. The van der Waals surface area contributed by atoms with Gasteiger partial charge in [-0.15, -0.1) is 0 Å². The summed E-state index contributed by atoms with van der Waals surface area (Å²) in [5, 5.41) is 12.6. The van der Waals surface area contributed by atoms with Crippen molar-refractivity contribution in [3.05, 3.63) is 212 Å². The molecule has 0 aliphatic rings. The van der Waals surface area contributed by atoms with Crippen LogP contribution in [0.4, 0.5) is 0 Å². The van der Waals surface area contributed by atoms with Crippen molar-refractivity contribution in [3.63, 3.8) is 0 Å². The van der Waals surface area contributed by atoms with Crippen LogP contribution >= 0.6 is 0 Å². The van der Waals surface area contributed by atoms with Crippen LogP contribution in [0.2, 0.25) is 0 Å². The molecule has 0 fully saturated rings. The van der Waals surface area contributed by atoms with Gasteiger partial charge in [-0.25, -0.2) is 9.97 Å². The van der Waals surface area contributed by atoms with Gasteiger partial charge in [0, 0.05) is 65.6 Å². The summed E-state index contributed by atoms with van der Waals surface area (Å²) in [5.41, 5.74) is 16.1. The van der Waals surface area contributed by atoms with E-state index in [4.69, 9.17) is 9.97 Å². The number of hydrogen-bond donors (Lipinski definition) is 0. The van der Waals surface area contributed by atoms with Crippen molar-refractivity contribution in [2.24, 2.45) is 0 Å². The average Bonchev–Trinajstić information content (AvgIpc) is 4.10. The molecule has 0 saturated carbocycles. The molecule has 5 heteroatoms. The molecule has 0 unspecified atom stereocenters. The molecule has 15 aromatic rings. The van der Waals surface area contributed by atoms with Gasteiger partial charge in [-0.2, -0.15) is 0 Å². The van der Waals surface area contributed by atoms with Crippen molar-refractivity contribution >= 4 is 104 Å². The van der Waals surface area contributed by atoms with Crippen LogP contribution in [0.3, 0.4) is 0 Å². The molecule has 0 saturated heterocycles. The van der Waals surface area contributed by atoms with Gasteiger partial charge in [-0.05, 0) is 83.6 Å². The zero-order valence-electron chi connectivity index (χ0n) is 34.9. The number of hydrogen-bond acceptors (Lipinski definition) is 2. The Kier molecular flexibility index (Phi) is 6.89. The maximum absolute atomic E-state index is 5.37. The molecular formula is C60H35N5. The fourth-order valence-corrected chi connectivity index (χ4v) is 11.2. The summed E-state index contributed by atoms with van der Waals surface area (Å²) in [6, 6.07) is 76.8. The third-order valence-corrected chi connectivity index (χ3v) is 13.9. The second kappa shape index (κ2) is 12.9. The minimum atomic E-state index is 0.852. The van der Waals surface area contributed by atoms with Gasteiger partial charge in [0.15, 0.2) is 0 Å². The lowest BCUT2D eigenvalue weighted by atomic mass is 9.98. The highest BCUT2D eigenvalue weighted by Gasteiger charge is 2.25. The number of para-hydroxylation sites is 6. The molecule has 0 aliphatic carbocycles. The lowest BCUT2D eigenvalue weighted by molar-refractivity contribution is 1.18. The topological polar surface area (TPSA) is 40.0 Å². The van der Waals surface area contributed by atoms with E-state index in [1.54, 1.807) is 0 Å². The Bertz CT molecular complexity index is 4460. The predicted octanol–water partition coefficient (Wildman–Crippen LogP) is 15.5. The smallest absolute Gasteiger partial charge is 0.0973 e. The number of benzene rings is 10. The van der Waals surface area contributed by atoms with E-state index in [9.17, 15) is 0 Å². The molecule has 10 aromatic carbocycles. The molecule has 0 aliphatic heterocycles. The summed E-state index contributed by atoms with van der Waals surface area (Å²) >= 11 is 0. The Morgan fingerprint density at radius 3 is 1.60 bits per heavy atom. The second-order valence-corrected chi connectivity index (χ2v) is 17.3. The minimum Gasteiger partial charge on any atom is -0.309 e. The van der Waals surface area contributed by atoms with Crippen molar-refractivity contribution in [3.8, 4) is 33.9 Å². The maximum Gasteiger partial charge on any atom is 0.0973 e. The van der Waals surface area contributed by atoms with Gasteiger partial charge in [0.05, 0.1) is 61.0 Å². The van der Waals surface area contributed by atoms with Gasteiger partial charge >= 0.3 is 0 Å². The van der Waals surface area contributed by atoms with Crippen LogP contribution < -0.4 is 0 Å². The lowest BCUT2D eigenvalue weighted by Crippen LogP contribution is -1.98. The standard InChI is InChI=1S/C60H35N5/c1-2-15-39(16-3-1)63-49-23-11-6-18-42(49)44-32-28-38(34-53(44)63)59-58(61-47-21-9-10-22-48(47)62-59)37-26-30-40(31-27-37)64-51-25-13-8-20-45(51)56-54(64)35-46-43-19-7-12-24-50(43)65-52-33-29-36-14-4-5-17-41(36)55(52)57(56)60(46)65/h1-35H. The minimum absolute atomic E-state index is 0.852. The molecule has 5 heterocycles. The summed E-state index contributed by atoms with van der Waals surface area (Å²) in [5.74, 6) is 0. The fraction of sp³-hybridized carbons (Fsp3) is 0. The Morgan fingerprint density at radius 1 is 0.292 bits per heavy atom. The average molecular weight is 826 g/mol. The van der Waals surface area contributed by atoms with E-state index in [1.165, 1.54) is 87.0 Å². The maximum atomic E-state index is 5.37. The monoisotopic (exact) mass is 825 g/mol. The van der Waals surface area contributed by atoms with Gasteiger partial charge in [-0.1, -0.05) is 140 Å². The van der Waals surface area contributed by atoms with Crippen LogP contribution in [0.1, 0.15) is 0 Å². The van der Waals surface area contributed by atoms with Gasteiger partial charge in [0.1, 0.15) is 0 Å². The molecule has 0 spiro atoms. The number of rotatable bonds is 4. The summed E-state index contributed by atoms with van der Waals surface area (Å²) in [7, 11) is 0. The van der Waals surface area contributed by atoms with Crippen LogP contribution in [-0.2, 0) is 0 Å². The Hall–Kier alpha value is -8.80. The normalized spacial score (nSPS) is 12.3. The van der Waals surface area contributed by atoms with Gasteiger partial charge in [-0.3, -0.25) is 0 Å². The van der Waals surface area contributed by atoms with Crippen molar-refractivity contribution < 1.29 is 0 Å². The van der Waals surface area contributed by atoms with E-state index in [2.05, 4.69) is 214 Å². The lowest BCUT2D eigenvalue weighted by Gasteiger charge is -2.13. The first-order valence-electron chi connectivity index (χ1n) is 22.3. The summed E-state index contributed by atoms with van der Waals surface area (Å²) in [6.07, 6.45) is 0. The highest BCUT2D eigenvalue weighted by Crippen LogP contribution is 2.48. The highest BCUT2D eigenvalue weighted by molar-refractivity contribution is 6.38. The molecule has 5 aromatic heterocycles. The molecule has 0 amide bonds. The number of fused-ring (bicyclic) bond motifs is 16. The summed E-state index contributed by atoms with van der Waals surface area (Å²) < 4.78 is 7.33. The van der Waals surface area contributed by atoms with Crippen molar-refractivity contribution in [1.29, 1.82) is 0 Å². The van der Waals surface area contributed by atoms with E-state index in [-0.39, 0.29) is 0 Å². The van der Waals surface area contributed by atoms with E-state index in [1.807, 2.05) is 12.1 Å².